The number of hydrogen-bond acceptors (Lipinski definition) is 3. The Bertz CT molecular complexity index is 824. The quantitative estimate of drug-likeness (QED) is 0.676. The molecule has 0 fully saturated rings. The van der Waals surface area contributed by atoms with E-state index in [1.165, 1.54) is 0 Å². The van der Waals surface area contributed by atoms with Crippen LogP contribution < -0.4 is 5.63 Å². The molecule has 3 nitrogen and oxygen atoms in total. The molecule has 0 radical (unpaired) electrons. The third kappa shape index (κ3) is 2.02. The van der Waals surface area contributed by atoms with Crippen molar-refractivity contribution in [3.8, 4) is 11.5 Å². The second-order valence-corrected chi connectivity index (χ2v) is 4.66. The van der Waals surface area contributed by atoms with Gasteiger partial charge in [0, 0.05) is 5.56 Å². The minimum absolute atomic E-state index is 0.317. The summed E-state index contributed by atoms with van der Waals surface area (Å²) in [6.07, 6.45) is 0. The number of aromatic nitrogens is 1. The number of rotatable bonds is 1. The average Bonchev–Trinajstić information content (AvgIpc) is 2.39. The van der Waals surface area contributed by atoms with Gasteiger partial charge in [-0.25, -0.2) is 9.78 Å². The fraction of sp³-hybridized carbons (Fsp3) is 0.0667. The van der Waals surface area contributed by atoms with Gasteiger partial charge >= 0.3 is 5.63 Å². The van der Waals surface area contributed by atoms with Gasteiger partial charge < -0.3 is 4.42 Å². The maximum atomic E-state index is 12.0. The Morgan fingerprint density at radius 1 is 1.11 bits per heavy atom. The molecule has 3 aromatic rings. The Labute approximate surface area is 114 Å². The highest BCUT2D eigenvalue weighted by Gasteiger charge is 2.11. The molecule has 1 heterocycles. The summed E-state index contributed by atoms with van der Waals surface area (Å²) >= 11 is 5.99. The van der Waals surface area contributed by atoms with Crippen molar-refractivity contribution in [2.45, 2.75) is 6.92 Å². The summed E-state index contributed by atoms with van der Waals surface area (Å²) in [6.45, 7) is 1.94. The van der Waals surface area contributed by atoms with Crippen LogP contribution in [0.25, 0.3) is 22.4 Å². The summed E-state index contributed by atoms with van der Waals surface area (Å²) in [5, 5.41) is 0.677. The van der Waals surface area contributed by atoms with Gasteiger partial charge in [-0.1, -0.05) is 35.9 Å². The first-order chi connectivity index (χ1) is 9.16. The van der Waals surface area contributed by atoms with Crippen LogP contribution in [-0.2, 0) is 0 Å². The fourth-order valence-corrected chi connectivity index (χ4v) is 2.25. The molecule has 94 valence electrons. The molecule has 19 heavy (non-hydrogen) atoms. The van der Waals surface area contributed by atoms with Gasteiger partial charge in [0.1, 0.15) is 5.39 Å². The largest absolute Gasteiger partial charge is 0.403 e. The number of nitrogens with zero attached hydrogens (tertiary/aromatic N) is 1. The average molecular weight is 272 g/mol. The molecule has 0 aliphatic heterocycles. The van der Waals surface area contributed by atoms with Crippen molar-refractivity contribution in [2.75, 3.05) is 0 Å². The molecule has 1 aromatic heterocycles. The Morgan fingerprint density at radius 3 is 2.68 bits per heavy atom. The molecule has 0 aliphatic carbocycles. The van der Waals surface area contributed by atoms with Crippen molar-refractivity contribution >= 4 is 22.5 Å². The zero-order valence-corrected chi connectivity index (χ0v) is 10.9. The normalized spacial score (nSPS) is 10.8. The highest BCUT2D eigenvalue weighted by molar-refractivity contribution is 6.35. The van der Waals surface area contributed by atoms with E-state index in [0.29, 0.717) is 21.8 Å². The lowest BCUT2D eigenvalue weighted by Gasteiger charge is -2.05. The van der Waals surface area contributed by atoms with E-state index in [-0.39, 0.29) is 0 Å². The predicted molar refractivity (Wildman–Crippen MR) is 75.5 cm³/mol. The van der Waals surface area contributed by atoms with Crippen molar-refractivity contribution in [3.05, 3.63) is 63.5 Å². The Morgan fingerprint density at radius 2 is 1.89 bits per heavy atom. The Kier molecular flexibility index (Phi) is 2.84. The lowest BCUT2D eigenvalue weighted by molar-refractivity contribution is 0.518. The number of fused-ring (bicyclic) bond motifs is 1. The van der Waals surface area contributed by atoms with Crippen LogP contribution in [0, 0.1) is 6.92 Å². The zero-order chi connectivity index (χ0) is 13.4. The maximum absolute atomic E-state index is 12.0. The minimum Gasteiger partial charge on any atom is -0.403 e. The number of halogens is 1. The number of hydrogen-bond donors (Lipinski definition) is 0. The summed E-state index contributed by atoms with van der Waals surface area (Å²) in [7, 11) is 0. The van der Waals surface area contributed by atoms with E-state index in [1.54, 1.807) is 18.2 Å². The lowest BCUT2D eigenvalue weighted by atomic mass is 10.1. The molecule has 0 saturated carbocycles. The van der Waals surface area contributed by atoms with Gasteiger partial charge in [-0.05, 0) is 30.7 Å². The minimum atomic E-state index is -0.464. The van der Waals surface area contributed by atoms with E-state index in [1.807, 2.05) is 31.2 Å². The summed E-state index contributed by atoms with van der Waals surface area (Å²) in [5.41, 5.74) is 1.89. The van der Waals surface area contributed by atoms with E-state index >= 15 is 0 Å². The van der Waals surface area contributed by atoms with Crippen LogP contribution >= 0.6 is 11.6 Å². The van der Waals surface area contributed by atoms with Crippen LogP contribution in [0.2, 0.25) is 5.02 Å². The van der Waals surface area contributed by atoms with E-state index < -0.39 is 5.63 Å². The van der Waals surface area contributed by atoms with Gasteiger partial charge in [0.2, 0.25) is 5.89 Å². The van der Waals surface area contributed by atoms with Crippen LogP contribution in [-0.4, -0.2) is 4.98 Å². The van der Waals surface area contributed by atoms with Gasteiger partial charge in [-0.15, -0.1) is 0 Å². The first-order valence-corrected chi connectivity index (χ1v) is 6.20. The lowest BCUT2D eigenvalue weighted by Crippen LogP contribution is -2.04. The van der Waals surface area contributed by atoms with E-state index in [9.17, 15) is 4.79 Å². The van der Waals surface area contributed by atoms with Crippen LogP contribution in [0.4, 0.5) is 0 Å². The third-order valence-corrected chi connectivity index (χ3v) is 3.30. The first-order valence-electron chi connectivity index (χ1n) is 5.82. The summed E-state index contributed by atoms with van der Waals surface area (Å²) in [4.78, 5) is 16.4. The van der Waals surface area contributed by atoms with E-state index in [4.69, 9.17) is 16.0 Å². The molecule has 0 spiro atoms. The van der Waals surface area contributed by atoms with Gasteiger partial charge in [0.25, 0.3) is 0 Å². The van der Waals surface area contributed by atoms with Crippen LogP contribution in [0.3, 0.4) is 0 Å². The molecule has 0 aliphatic rings. The van der Waals surface area contributed by atoms with Gasteiger partial charge in [0.05, 0.1) is 10.5 Å². The smallest absolute Gasteiger partial charge is 0.348 e. The SMILES string of the molecule is Cc1ccccc1-c1nc2cccc(Cl)c2c(=O)o1. The molecule has 0 unspecified atom stereocenters. The van der Waals surface area contributed by atoms with Gasteiger partial charge in [0.15, 0.2) is 0 Å². The second-order valence-electron chi connectivity index (χ2n) is 4.26. The topological polar surface area (TPSA) is 43.1 Å². The Hall–Kier alpha value is -2.13. The fourth-order valence-electron chi connectivity index (χ4n) is 2.01. The van der Waals surface area contributed by atoms with Crippen molar-refractivity contribution in [1.29, 1.82) is 0 Å². The van der Waals surface area contributed by atoms with Crippen molar-refractivity contribution in [1.82, 2.24) is 4.98 Å². The summed E-state index contributed by atoms with van der Waals surface area (Å²) < 4.78 is 5.29. The van der Waals surface area contributed by atoms with Gasteiger partial charge in [-0.2, -0.15) is 0 Å². The van der Waals surface area contributed by atoms with Crippen molar-refractivity contribution in [3.63, 3.8) is 0 Å². The van der Waals surface area contributed by atoms with Crippen molar-refractivity contribution in [2.24, 2.45) is 0 Å². The zero-order valence-electron chi connectivity index (χ0n) is 10.2. The molecule has 0 amide bonds. The molecule has 0 atom stereocenters. The van der Waals surface area contributed by atoms with Crippen molar-refractivity contribution < 1.29 is 4.42 Å². The molecule has 3 rings (SSSR count). The predicted octanol–water partition coefficient (Wildman–Crippen LogP) is 3.82. The molecular formula is C15H10ClNO2. The molecule has 0 N–H and O–H groups in total. The molecular weight excluding hydrogens is 262 g/mol. The third-order valence-electron chi connectivity index (χ3n) is 2.98. The van der Waals surface area contributed by atoms with Crippen LogP contribution in [0.1, 0.15) is 5.56 Å². The number of aryl methyl sites for hydroxylation is 1. The maximum Gasteiger partial charge on any atom is 0.348 e. The monoisotopic (exact) mass is 271 g/mol. The number of benzene rings is 2. The van der Waals surface area contributed by atoms with E-state index in [0.717, 1.165) is 11.1 Å². The van der Waals surface area contributed by atoms with Gasteiger partial charge in [-0.3, -0.25) is 0 Å². The molecule has 0 bridgehead atoms. The standard InChI is InChI=1S/C15H10ClNO2/c1-9-5-2-3-6-10(9)14-17-12-8-4-7-11(16)13(12)15(18)19-14/h2-8H,1H3. The highest BCUT2D eigenvalue weighted by Crippen LogP contribution is 2.24. The summed E-state index contributed by atoms with van der Waals surface area (Å²) in [5.74, 6) is 0.317. The molecule has 0 saturated heterocycles. The Balaban J connectivity index is 2.34. The van der Waals surface area contributed by atoms with Crippen LogP contribution in [0.5, 0.6) is 0 Å². The molecule has 2 aromatic carbocycles. The first kappa shape index (κ1) is 11.9. The second kappa shape index (κ2) is 4.52. The van der Waals surface area contributed by atoms with Crippen LogP contribution in [0.15, 0.2) is 51.7 Å². The molecule has 4 heteroatoms. The highest BCUT2D eigenvalue weighted by atomic mass is 35.5. The van der Waals surface area contributed by atoms with E-state index in [2.05, 4.69) is 4.98 Å². The summed E-state index contributed by atoms with van der Waals surface area (Å²) in [6, 6.07) is 12.8.